The molecule has 5 heteroatoms. The van der Waals surface area contributed by atoms with Crippen molar-refractivity contribution in [3.05, 3.63) is 41.3 Å². The summed E-state index contributed by atoms with van der Waals surface area (Å²) >= 11 is 0. The van der Waals surface area contributed by atoms with Crippen molar-refractivity contribution >= 4 is 6.29 Å². The van der Waals surface area contributed by atoms with Crippen molar-refractivity contribution in [2.45, 2.75) is 6.61 Å². The van der Waals surface area contributed by atoms with Crippen LogP contribution < -0.4 is 0 Å². The Morgan fingerprint density at radius 2 is 2.29 bits per heavy atom. The van der Waals surface area contributed by atoms with Gasteiger partial charge in [0.1, 0.15) is 5.82 Å². The van der Waals surface area contributed by atoms with Gasteiger partial charge in [-0.25, -0.2) is 4.39 Å². The van der Waals surface area contributed by atoms with E-state index in [2.05, 4.69) is 5.10 Å². The van der Waals surface area contributed by atoms with Gasteiger partial charge in [0.05, 0.1) is 18.5 Å². The average Bonchev–Trinajstić information content (AvgIpc) is 2.70. The second-order valence-corrected chi connectivity index (χ2v) is 3.65. The van der Waals surface area contributed by atoms with Gasteiger partial charge in [-0.2, -0.15) is 5.10 Å². The largest absolute Gasteiger partial charge is 0.392 e. The zero-order valence-electron chi connectivity index (χ0n) is 9.22. The molecule has 0 saturated heterocycles. The van der Waals surface area contributed by atoms with Gasteiger partial charge in [-0.15, -0.1) is 0 Å². The Hall–Kier alpha value is -2.01. The first-order valence-corrected chi connectivity index (χ1v) is 5.04. The number of aromatic nitrogens is 2. The van der Waals surface area contributed by atoms with E-state index in [1.54, 1.807) is 11.7 Å². The van der Waals surface area contributed by atoms with Crippen LogP contribution in [0.25, 0.3) is 11.3 Å². The molecule has 2 rings (SSSR count). The molecule has 0 aliphatic rings. The minimum atomic E-state index is -0.469. The van der Waals surface area contributed by atoms with Gasteiger partial charge < -0.3 is 5.11 Å². The summed E-state index contributed by atoms with van der Waals surface area (Å²) in [7, 11) is 1.70. The van der Waals surface area contributed by atoms with E-state index in [4.69, 9.17) is 0 Å². The van der Waals surface area contributed by atoms with Gasteiger partial charge in [-0.1, -0.05) is 0 Å². The lowest BCUT2D eigenvalue weighted by Crippen LogP contribution is -1.99. The molecule has 88 valence electrons. The molecular weight excluding hydrogens is 223 g/mol. The van der Waals surface area contributed by atoms with E-state index < -0.39 is 5.82 Å². The highest BCUT2D eigenvalue weighted by Gasteiger charge is 2.14. The van der Waals surface area contributed by atoms with Gasteiger partial charge in [-0.3, -0.25) is 9.48 Å². The third-order valence-corrected chi connectivity index (χ3v) is 2.58. The Morgan fingerprint density at radius 1 is 1.53 bits per heavy atom. The summed E-state index contributed by atoms with van der Waals surface area (Å²) in [6.07, 6.45) is 2.11. The van der Waals surface area contributed by atoms with E-state index in [0.717, 1.165) is 6.07 Å². The highest BCUT2D eigenvalue weighted by molar-refractivity contribution is 5.87. The van der Waals surface area contributed by atoms with Crippen molar-refractivity contribution in [1.29, 1.82) is 0 Å². The minimum Gasteiger partial charge on any atom is -0.392 e. The molecule has 0 bridgehead atoms. The predicted molar refractivity (Wildman–Crippen MR) is 59.9 cm³/mol. The normalized spacial score (nSPS) is 10.5. The molecule has 1 aromatic heterocycles. The van der Waals surface area contributed by atoms with E-state index in [0.29, 0.717) is 23.1 Å². The Bertz CT molecular complexity index is 564. The lowest BCUT2D eigenvalue weighted by atomic mass is 10.0. The summed E-state index contributed by atoms with van der Waals surface area (Å²) in [5.41, 5.74) is 2.02. The molecule has 1 N–H and O–H groups in total. The number of aryl methyl sites for hydroxylation is 1. The fraction of sp³-hybridized carbons (Fsp3) is 0.167. The van der Waals surface area contributed by atoms with Crippen molar-refractivity contribution in [3.63, 3.8) is 0 Å². The van der Waals surface area contributed by atoms with Crippen LogP contribution in [0.2, 0.25) is 0 Å². The van der Waals surface area contributed by atoms with Gasteiger partial charge in [0.2, 0.25) is 0 Å². The Kier molecular flexibility index (Phi) is 3.01. The monoisotopic (exact) mass is 234 g/mol. The summed E-state index contributed by atoms with van der Waals surface area (Å²) < 4.78 is 14.6. The number of aliphatic hydroxyl groups is 1. The second kappa shape index (κ2) is 4.47. The first-order chi connectivity index (χ1) is 8.17. The number of carbonyl (C=O) groups excluding carboxylic acids is 1. The number of hydrogen-bond acceptors (Lipinski definition) is 3. The molecule has 0 atom stereocenters. The van der Waals surface area contributed by atoms with Crippen molar-refractivity contribution < 1.29 is 14.3 Å². The van der Waals surface area contributed by atoms with Crippen LogP contribution in [0.1, 0.15) is 15.9 Å². The van der Waals surface area contributed by atoms with Gasteiger partial charge in [0.15, 0.2) is 6.29 Å². The molecule has 17 heavy (non-hydrogen) atoms. The van der Waals surface area contributed by atoms with Crippen LogP contribution in [-0.4, -0.2) is 21.2 Å². The van der Waals surface area contributed by atoms with Crippen LogP contribution in [0.3, 0.4) is 0 Å². The van der Waals surface area contributed by atoms with Crippen LogP contribution in [0.5, 0.6) is 0 Å². The highest BCUT2D eigenvalue weighted by atomic mass is 19.1. The molecule has 0 aliphatic heterocycles. The number of aldehydes is 1. The molecule has 1 aromatic carbocycles. The van der Waals surface area contributed by atoms with Gasteiger partial charge >= 0.3 is 0 Å². The van der Waals surface area contributed by atoms with Crippen molar-refractivity contribution in [1.82, 2.24) is 9.78 Å². The third-order valence-electron chi connectivity index (χ3n) is 2.58. The first-order valence-electron chi connectivity index (χ1n) is 5.04. The number of rotatable bonds is 3. The third kappa shape index (κ3) is 1.97. The van der Waals surface area contributed by atoms with Crippen LogP contribution in [0.4, 0.5) is 4.39 Å². The molecule has 4 nitrogen and oxygen atoms in total. The van der Waals surface area contributed by atoms with Crippen molar-refractivity contribution in [3.8, 4) is 11.3 Å². The van der Waals surface area contributed by atoms with Crippen LogP contribution >= 0.6 is 0 Å². The van der Waals surface area contributed by atoms with Crippen molar-refractivity contribution in [2.75, 3.05) is 0 Å². The average molecular weight is 234 g/mol. The highest BCUT2D eigenvalue weighted by Crippen LogP contribution is 2.26. The zero-order valence-corrected chi connectivity index (χ0v) is 9.22. The molecular formula is C12H11FN2O2. The standard InChI is InChI=1S/C12H11FN2O2/c1-15-12(9(7-17)5-14-15)11-3-2-10(13)4-8(11)6-16/h2-6,17H,7H2,1H3. The van der Waals surface area contributed by atoms with E-state index >= 15 is 0 Å². The number of benzene rings is 1. The maximum Gasteiger partial charge on any atom is 0.150 e. The Balaban J connectivity index is 2.67. The molecule has 1 heterocycles. The molecule has 2 aromatic rings. The summed E-state index contributed by atoms with van der Waals surface area (Å²) in [4.78, 5) is 10.9. The number of nitrogens with zero attached hydrogens (tertiary/aromatic N) is 2. The van der Waals surface area contributed by atoms with Gasteiger partial charge in [0, 0.05) is 23.7 Å². The number of carbonyl (C=O) groups is 1. The summed E-state index contributed by atoms with van der Waals surface area (Å²) in [6.45, 7) is -0.182. The van der Waals surface area contributed by atoms with Gasteiger partial charge in [0.25, 0.3) is 0 Å². The summed E-state index contributed by atoms with van der Waals surface area (Å²) in [5, 5.41) is 13.2. The Morgan fingerprint density at radius 3 is 2.94 bits per heavy atom. The second-order valence-electron chi connectivity index (χ2n) is 3.65. The molecule has 0 saturated carbocycles. The molecule has 0 aliphatic carbocycles. The fourth-order valence-electron chi connectivity index (χ4n) is 1.79. The van der Waals surface area contributed by atoms with Crippen LogP contribution in [-0.2, 0) is 13.7 Å². The van der Waals surface area contributed by atoms with Crippen LogP contribution in [0, 0.1) is 5.82 Å². The maximum atomic E-state index is 13.0. The smallest absolute Gasteiger partial charge is 0.150 e. The first kappa shape index (κ1) is 11.5. The topological polar surface area (TPSA) is 55.1 Å². The fourth-order valence-corrected chi connectivity index (χ4v) is 1.79. The summed E-state index contributed by atoms with van der Waals surface area (Å²) in [5.74, 6) is -0.469. The molecule has 0 amide bonds. The molecule has 0 spiro atoms. The van der Waals surface area contributed by atoms with E-state index in [9.17, 15) is 14.3 Å². The quantitative estimate of drug-likeness (QED) is 0.819. The zero-order chi connectivity index (χ0) is 12.4. The molecule has 0 fully saturated rings. The number of aliphatic hydroxyl groups excluding tert-OH is 1. The van der Waals surface area contributed by atoms with Crippen LogP contribution in [0.15, 0.2) is 24.4 Å². The maximum absolute atomic E-state index is 13.0. The van der Waals surface area contributed by atoms with Gasteiger partial charge in [-0.05, 0) is 18.2 Å². The number of hydrogen-bond donors (Lipinski definition) is 1. The number of halogens is 1. The molecule has 0 radical (unpaired) electrons. The lowest BCUT2D eigenvalue weighted by molar-refractivity contribution is 0.112. The Labute approximate surface area is 97.3 Å². The van der Waals surface area contributed by atoms with E-state index in [1.807, 2.05) is 0 Å². The van der Waals surface area contributed by atoms with E-state index in [-0.39, 0.29) is 12.2 Å². The SMILES string of the molecule is Cn1ncc(CO)c1-c1ccc(F)cc1C=O. The van der Waals surface area contributed by atoms with E-state index in [1.165, 1.54) is 18.3 Å². The van der Waals surface area contributed by atoms with Crippen molar-refractivity contribution in [2.24, 2.45) is 7.05 Å². The summed E-state index contributed by atoms with van der Waals surface area (Å²) in [6, 6.07) is 3.95. The lowest BCUT2D eigenvalue weighted by Gasteiger charge is -2.07. The molecule has 0 unspecified atom stereocenters. The predicted octanol–water partition coefficient (Wildman–Crippen LogP) is 1.53. The minimum absolute atomic E-state index is 0.182.